The van der Waals surface area contributed by atoms with Gasteiger partial charge in [0.15, 0.2) is 6.29 Å². The van der Waals surface area contributed by atoms with E-state index in [0.717, 1.165) is 23.8 Å². The molecule has 0 aliphatic carbocycles. The monoisotopic (exact) mass is 240 g/mol. The number of aryl methyl sites for hydroxylation is 1. The average Bonchev–Trinajstić information content (AvgIpc) is 2.46. The van der Waals surface area contributed by atoms with Crippen LogP contribution in [0, 0.1) is 0 Å². The maximum Gasteiger partial charge on any atom is 0.150 e. The van der Waals surface area contributed by atoms with E-state index in [9.17, 15) is 4.79 Å². The van der Waals surface area contributed by atoms with Crippen LogP contribution in [0.4, 0.5) is 0 Å². The third kappa shape index (κ3) is 2.43. The largest absolute Gasteiger partial charge is 0.497 e. The first-order valence-corrected chi connectivity index (χ1v) is 6.01. The molecule has 0 bridgehead atoms. The molecule has 2 heteroatoms. The summed E-state index contributed by atoms with van der Waals surface area (Å²) in [6, 6.07) is 13.8. The Balaban J connectivity index is 2.45. The zero-order valence-corrected chi connectivity index (χ0v) is 10.6. The highest BCUT2D eigenvalue weighted by atomic mass is 16.5. The van der Waals surface area contributed by atoms with Gasteiger partial charge in [-0.05, 0) is 41.3 Å². The second kappa shape index (κ2) is 5.50. The highest BCUT2D eigenvalue weighted by Gasteiger charge is 2.06. The third-order valence-electron chi connectivity index (χ3n) is 3.06. The Bertz CT molecular complexity index is 542. The van der Waals surface area contributed by atoms with E-state index < -0.39 is 0 Å². The van der Waals surface area contributed by atoms with Crippen LogP contribution in [0.1, 0.15) is 22.8 Å². The van der Waals surface area contributed by atoms with Crippen LogP contribution in [-0.2, 0) is 6.42 Å². The molecule has 0 atom stereocenters. The van der Waals surface area contributed by atoms with Gasteiger partial charge in [0.05, 0.1) is 7.11 Å². The van der Waals surface area contributed by atoms with E-state index in [1.54, 1.807) is 13.2 Å². The van der Waals surface area contributed by atoms with E-state index in [1.807, 2.05) is 24.3 Å². The van der Waals surface area contributed by atoms with Crippen LogP contribution in [0.15, 0.2) is 42.5 Å². The maximum atomic E-state index is 11.1. The highest BCUT2D eigenvalue weighted by Crippen LogP contribution is 2.26. The van der Waals surface area contributed by atoms with E-state index in [4.69, 9.17) is 4.74 Å². The molecule has 0 spiro atoms. The molecule has 0 N–H and O–H groups in total. The number of methoxy groups -OCH3 is 1. The van der Waals surface area contributed by atoms with Crippen LogP contribution in [0.25, 0.3) is 11.1 Å². The molecule has 92 valence electrons. The van der Waals surface area contributed by atoms with Crippen molar-refractivity contribution in [1.29, 1.82) is 0 Å². The van der Waals surface area contributed by atoms with Gasteiger partial charge < -0.3 is 4.74 Å². The highest BCUT2D eigenvalue weighted by molar-refractivity contribution is 5.88. The number of rotatable bonds is 4. The molecule has 2 nitrogen and oxygen atoms in total. The molecule has 2 rings (SSSR count). The van der Waals surface area contributed by atoms with Crippen LogP contribution in [0.2, 0.25) is 0 Å². The Hall–Kier alpha value is -2.09. The van der Waals surface area contributed by atoms with Gasteiger partial charge in [0.2, 0.25) is 0 Å². The SMILES string of the molecule is CCc1ccc(-c2ccc(OC)cc2C=O)cc1. The maximum absolute atomic E-state index is 11.1. The normalized spacial score (nSPS) is 10.1. The van der Waals surface area contributed by atoms with Crippen LogP contribution >= 0.6 is 0 Å². The Morgan fingerprint density at radius 3 is 2.39 bits per heavy atom. The molecule has 0 saturated carbocycles. The van der Waals surface area contributed by atoms with E-state index >= 15 is 0 Å². The molecule has 0 unspecified atom stereocenters. The van der Waals surface area contributed by atoms with Crippen molar-refractivity contribution >= 4 is 6.29 Å². The van der Waals surface area contributed by atoms with Crippen LogP contribution in [-0.4, -0.2) is 13.4 Å². The van der Waals surface area contributed by atoms with Crippen LogP contribution in [0.5, 0.6) is 5.75 Å². The number of aldehydes is 1. The van der Waals surface area contributed by atoms with Crippen molar-refractivity contribution in [3.05, 3.63) is 53.6 Å². The van der Waals surface area contributed by atoms with E-state index in [-0.39, 0.29) is 0 Å². The molecule has 0 fully saturated rings. The van der Waals surface area contributed by atoms with Gasteiger partial charge in [-0.1, -0.05) is 31.2 Å². The van der Waals surface area contributed by atoms with Crippen molar-refractivity contribution in [2.24, 2.45) is 0 Å². The summed E-state index contributed by atoms with van der Waals surface area (Å²) in [5.74, 6) is 0.700. The Labute approximate surface area is 107 Å². The van der Waals surface area contributed by atoms with Crippen molar-refractivity contribution in [1.82, 2.24) is 0 Å². The second-order valence-corrected chi connectivity index (χ2v) is 4.12. The average molecular weight is 240 g/mol. The Morgan fingerprint density at radius 2 is 1.83 bits per heavy atom. The zero-order chi connectivity index (χ0) is 13.0. The van der Waals surface area contributed by atoms with Crippen LogP contribution < -0.4 is 4.74 Å². The molecular weight excluding hydrogens is 224 g/mol. The quantitative estimate of drug-likeness (QED) is 0.761. The van der Waals surface area contributed by atoms with Gasteiger partial charge in [-0.15, -0.1) is 0 Å². The number of hydrogen-bond acceptors (Lipinski definition) is 2. The molecule has 0 aliphatic rings. The number of carbonyl (C=O) groups is 1. The summed E-state index contributed by atoms with van der Waals surface area (Å²) in [6.07, 6.45) is 1.88. The lowest BCUT2D eigenvalue weighted by molar-refractivity contribution is 0.112. The van der Waals surface area contributed by atoms with Gasteiger partial charge >= 0.3 is 0 Å². The summed E-state index contributed by atoms with van der Waals surface area (Å²) >= 11 is 0. The van der Waals surface area contributed by atoms with Crippen molar-refractivity contribution in [2.75, 3.05) is 7.11 Å². The van der Waals surface area contributed by atoms with Crippen molar-refractivity contribution < 1.29 is 9.53 Å². The fourth-order valence-corrected chi connectivity index (χ4v) is 1.95. The molecule has 0 saturated heterocycles. The molecule has 0 amide bonds. The fourth-order valence-electron chi connectivity index (χ4n) is 1.95. The summed E-state index contributed by atoms with van der Waals surface area (Å²) in [5, 5.41) is 0. The van der Waals surface area contributed by atoms with Crippen molar-refractivity contribution in [2.45, 2.75) is 13.3 Å². The minimum absolute atomic E-state index is 0.651. The zero-order valence-electron chi connectivity index (χ0n) is 10.6. The third-order valence-corrected chi connectivity index (χ3v) is 3.06. The summed E-state index contributed by atoms with van der Waals surface area (Å²) in [4.78, 5) is 11.1. The van der Waals surface area contributed by atoms with Gasteiger partial charge in [0, 0.05) is 5.56 Å². The number of carbonyl (C=O) groups excluding carboxylic acids is 1. The summed E-state index contributed by atoms with van der Waals surface area (Å²) < 4.78 is 5.13. The predicted octanol–water partition coefficient (Wildman–Crippen LogP) is 3.74. The van der Waals surface area contributed by atoms with Crippen molar-refractivity contribution in [3.63, 3.8) is 0 Å². The number of benzene rings is 2. The standard InChI is InChI=1S/C16H16O2/c1-3-12-4-6-13(7-5-12)16-9-8-15(18-2)10-14(16)11-17/h4-11H,3H2,1-2H3. The molecular formula is C16H16O2. The van der Waals surface area contributed by atoms with Crippen molar-refractivity contribution in [3.8, 4) is 16.9 Å². The minimum atomic E-state index is 0.651. The molecule has 0 radical (unpaired) electrons. The number of hydrogen-bond donors (Lipinski definition) is 0. The lowest BCUT2D eigenvalue weighted by Crippen LogP contribution is -1.91. The number of ether oxygens (including phenoxy) is 1. The lowest BCUT2D eigenvalue weighted by atomic mass is 9.98. The summed E-state index contributed by atoms with van der Waals surface area (Å²) in [5.41, 5.74) is 3.93. The van der Waals surface area contributed by atoms with Crippen LogP contribution in [0.3, 0.4) is 0 Å². The molecule has 0 aromatic heterocycles. The summed E-state index contributed by atoms with van der Waals surface area (Å²) in [7, 11) is 1.60. The minimum Gasteiger partial charge on any atom is -0.497 e. The Morgan fingerprint density at radius 1 is 1.11 bits per heavy atom. The van der Waals surface area contributed by atoms with E-state index in [2.05, 4.69) is 19.1 Å². The fraction of sp³-hybridized carbons (Fsp3) is 0.188. The summed E-state index contributed by atoms with van der Waals surface area (Å²) in [6.45, 7) is 2.12. The first kappa shape index (κ1) is 12.4. The smallest absolute Gasteiger partial charge is 0.150 e. The molecule has 2 aromatic rings. The van der Waals surface area contributed by atoms with E-state index in [0.29, 0.717) is 11.3 Å². The molecule has 2 aromatic carbocycles. The molecule has 18 heavy (non-hydrogen) atoms. The second-order valence-electron chi connectivity index (χ2n) is 4.12. The topological polar surface area (TPSA) is 26.3 Å². The van der Waals surface area contributed by atoms with Gasteiger partial charge in [0.25, 0.3) is 0 Å². The van der Waals surface area contributed by atoms with Gasteiger partial charge in [-0.3, -0.25) is 4.79 Å². The van der Waals surface area contributed by atoms with E-state index in [1.165, 1.54) is 5.56 Å². The predicted molar refractivity (Wildman–Crippen MR) is 73.2 cm³/mol. The molecule has 0 heterocycles. The first-order valence-electron chi connectivity index (χ1n) is 6.01. The molecule has 0 aliphatic heterocycles. The van der Waals surface area contributed by atoms with Gasteiger partial charge in [-0.25, -0.2) is 0 Å². The van der Waals surface area contributed by atoms with Gasteiger partial charge in [0.1, 0.15) is 5.75 Å². The first-order chi connectivity index (χ1) is 8.78. The Kier molecular flexibility index (Phi) is 3.78. The lowest BCUT2D eigenvalue weighted by Gasteiger charge is -2.08. The van der Waals surface area contributed by atoms with Gasteiger partial charge in [-0.2, -0.15) is 0 Å².